The number of aliphatic hydroxyl groups is 10. The molecular weight excluding hydrogens is 1300 g/mol. The van der Waals surface area contributed by atoms with E-state index in [0.717, 1.165) is 96.3 Å². The molecule has 1 aliphatic carbocycles. The zero-order chi connectivity index (χ0) is 72.6. The zero-order valence-electron chi connectivity index (χ0n) is 61.2. The van der Waals surface area contributed by atoms with Crippen LogP contribution >= 0.6 is 7.82 Å². The fourth-order valence-corrected chi connectivity index (χ4v) is 14.3. The molecule has 0 bridgehead atoms. The Morgan fingerprint density at radius 2 is 0.707 bits per heavy atom. The first-order valence-corrected chi connectivity index (χ1v) is 40.7. The number of ether oxygens (including phenoxy) is 7. The van der Waals surface area contributed by atoms with Crippen LogP contribution in [0.4, 0.5) is 0 Å². The van der Waals surface area contributed by atoms with Gasteiger partial charge in [-0.15, -0.1) is 0 Å². The molecule has 0 amide bonds. The maximum Gasteiger partial charge on any atom is 0.472 e. The predicted molar refractivity (Wildman–Crippen MR) is 375 cm³/mol. The van der Waals surface area contributed by atoms with Gasteiger partial charge in [-0.05, 0) is 25.2 Å². The van der Waals surface area contributed by atoms with Crippen molar-refractivity contribution >= 4 is 25.7 Å². The van der Waals surface area contributed by atoms with Crippen LogP contribution in [0.25, 0.3) is 0 Å². The third-order valence-corrected chi connectivity index (χ3v) is 20.8. The van der Waals surface area contributed by atoms with E-state index >= 15 is 0 Å². The lowest BCUT2D eigenvalue weighted by molar-refractivity contribution is -0.360. The molecule has 0 radical (unpaired) electrons. The fourth-order valence-electron chi connectivity index (χ4n) is 13.3. The number of phosphoric acid groups is 1. The molecule has 584 valence electrons. The summed E-state index contributed by atoms with van der Waals surface area (Å²) in [6.45, 7) is 5.81. The maximum atomic E-state index is 14.4. The lowest BCUT2D eigenvalue weighted by atomic mass is 9.84. The lowest BCUT2D eigenvalue weighted by Crippen LogP contribution is -2.69. The smallest absolute Gasteiger partial charge is 0.463 e. The van der Waals surface area contributed by atoms with Gasteiger partial charge < -0.3 is 89.1 Å². The molecule has 19 atom stereocenters. The second-order valence-electron chi connectivity index (χ2n) is 28.7. The van der Waals surface area contributed by atoms with E-state index in [1.54, 1.807) is 0 Å². The normalized spacial score (nSPS) is 27.7. The van der Waals surface area contributed by atoms with Crippen molar-refractivity contribution in [3.63, 3.8) is 0 Å². The summed E-state index contributed by atoms with van der Waals surface area (Å²) in [5.74, 6) is -1.27. The molecule has 99 heavy (non-hydrogen) atoms. The quantitative estimate of drug-likeness (QED) is 0.0117. The van der Waals surface area contributed by atoms with Crippen molar-refractivity contribution < 1.29 is 117 Å². The molecular formula is C74H139O24P. The Morgan fingerprint density at radius 1 is 0.384 bits per heavy atom. The van der Waals surface area contributed by atoms with Crippen LogP contribution in [0, 0.1) is 5.92 Å². The molecule has 2 saturated heterocycles. The van der Waals surface area contributed by atoms with Crippen LogP contribution in [0.2, 0.25) is 0 Å². The van der Waals surface area contributed by atoms with Crippen molar-refractivity contribution in [3.8, 4) is 0 Å². The van der Waals surface area contributed by atoms with Gasteiger partial charge in [0.05, 0.1) is 13.2 Å². The summed E-state index contributed by atoms with van der Waals surface area (Å²) in [6, 6.07) is 0. The van der Waals surface area contributed by atoms with Gasteiger partial charge in [-0.1, -0.05) is 278 Å². The SMILES string of the molecule is CCCCCCCCCCCCCCCCCC(=O)OC(COC(=O)CCCCCCCCC(C)CCCCCCCC)COP(=O)(O)OC1C(OC2OC(CO)C(O)C(O)C2O)C(O)C(O)C(O)C1OC1OC(COC(=O)CCCCCCCCCCCCCCC)C(O)C(O)C1O. The first-order chi connectivity index (χ1) is 47.7. The molecule has 0 aromatic rings. The van der Waals surface area contributed by atoms with Crippen LogP contribution < -0.4 is 0 Å². The summed E-state index contributed by atoms with van der Waals surface area (Å²) in [4.78, 5) is 51.1. The Hall–Kier alpha value is -2.04. The summed E-state index contributed by atoms with van der Waals surface area (Å²) in [6.07, 6.45) is 11.6. The van der Waals surface area contributed by atoms with E-state index in [1.165, 1.54) is 154 Å². The average molecular weight is 1440 g/mol. The van der Waals surface area contributed by atoms with Crippen molar-refractivity contribution in [2.24, 2.45) is 5.92 Å². The second kappa shape index (κ2) is 55.4. The first kappa shape index (κ1) is 91.2. The number of carbonyl (C=O) groups is 3. The fraction of sp³-hybridized carbons (Fsp3) is 0.959. The van der Waals surface area contributed by atoms with Crippen molar-refractivity contribution in [1.29, 1.82) is 0 Å². The largest absolute Gasteiger partial charge is 0.472 e. The number of hydrogen-bond donors (Lipinski definition) is 11. The molecule has 3 rings (SSSR count). The van der Waals surface area contributed by atoms with Gasteiger partial charge in [0.2, 0.25) is 0 Å². The van der Waals surface area contributed by atoms with Crippen molar-refractivity contribution in [2.75, 3.05) is 26.4 Å². The minimum absolute atomic E-state index is 0.0331. The van der Waals surface area contributed by atoms with E-state index in [0.29, 0.717) is 25.2 Å². The van der Waals surface area contributed by atoms with Gasteiger partial charge in [0, 0.05) is 19.3 Å². The highest BCUT2D eigenvalue weighted by Gasteiger charge is 2.58. The van der Waals surface area contributed by atoms with E-state index < -0.39 is 156 Å². The molecule has 25 heteroatoms. The molecule has 0 spiro atoms. The summed E-state index contributed by atoms with van der Waals surface area (Å²) in [5.41, 5.74) is 0. The van der Waals surface area contributed by atoms with E-state index in [1.807, 2.05) is 0 Å². The second-order valence-corrected chi connectivity index (χ2v) is 30.1. The highest BCUT2D eigenvalue weighted by Crippen LogP contribution is 2.49. The van der Waals surface area contributed by atoms with Crippen LogP contribution in [0.15, 0.2) is 0 Å². The van der Waals surface area contributed by atoms with Gasteiger partial charge in [0.1, 0.15) is 98.7 Å². The Kier molecular flexibility index (Phi) is 51.0. The van der Waals surface area contributed by atoms with E-state index in [2.05, 4.69) is 27.7 Å². The molecule has 3 aliphatic rings. The minimum Gasteiger partial charge on any atom is -0.463 e. The monoisotopic (exact) mass is 1440 g/mol. The maximum absolute atomic E-state index is 14.4. The average Bonchev–Trinajstić information content (AvgIpc) is 0.764. The molecule has 24 nitrogen and oxygen atoms in total. The summed E-state index contributed by atoms with van der Waals surface area (Å²) in [7, 11) is -5.69. The minimum atomic E-state index is -5.69. The van der Waals surface area contributed by atoms with Gasteiger partial charge in [0.15, 0.2) is 18.7 Å². The summed E-state index contributed by atoms with van der Waals surface area (Å²) < 4.78 is 65.2. The van der Waals surface area contributed by atoms with Crippen molar-refractivity contribution in [2.45, 2.75) is 421 Å². The van der Waals surface area contributed by atoms with Crippen LogP contribution in [-0.2, 0) is 61.2 Å². The number of unbranched alkanes of at least 4 members (excludes halogenated alkanes) is 36. The zero-order valence-corrected chi connectivity index (χ0v) is 62.1. The highest BCUT2D eigenvalue weighted by atomic mass is 31.2. The summed E-state index contributed by atoms with van der Waals surface area (Å²) >= 11 is 0. The molecule has 1 saturated carbocycles. The molecule has 11 N–H and O–H groups in total. The molecule has 19 unspecified atom stereocenters. The van der Waals surface area contributed by atoms with Gasteiger partial charge in [-0.3, -0.25) is 23.4 Å². The van der Waals surface area contributed by atoms with E-state index in [4.69, 9.17) is 42.2 Å². The van der Waals surface area contributed by atoms with Crippen LogP contribution in [0.5, 0.6) is 0 Å². The Balaban J connectivity index is 1.73. The van der Waals surface area contributed by atoms with Gasteiger partial charge in [-0.25, -0.2) is 4.57 Å². The Labute approximate surface area is 593 Å². The number of carbonyl (C=O) groups excluding carboxylic acids is 3. The van der Waals surface area contributed by atoms with Crippen LogP contribution in [-0.4, -0.2) is 204 Å². The van der Waals surface area contributed by atoms with E-state index in [9.17, 15) is 74.9 Å². The molecule has 3 fully saturated rings. The number of esters is 3. The highest BCUT2D eigenvalue weighted by molar-refractivity contribution is 7.47. The van der Waals surface area contributed by atoms with Gasteiger partial charge >= 0.3 is 25.7 Å². The number of phosphoric ester groups is 1. The first-order valence-electron chi connectivity index (χ1n) is 39.2. The van der Waals surface area contributed by atoms with Crippen molar-refractivity contribution in [3.05, 3.63) is 0 Å². The Bertz CT molecular complexity index is 2060. The third-order valence-electron chi connectivity index (χ3n) is 19.8. The van der Waals surface area contributed by atoms with E-state index in [-0.39, 0.29) is 19.3 Å². The Morgan fingerprint density at radius 3 is 1.09 bits per heavy atom. The summed E-state index contributed by atoms with van der Waals surface area (Å²) in [5, 5.41) is 110. The van der Waals surface area contributed by atoms with Gasteiger partial charge in [0.25, 0.3) is 0 Å². The standard InChI is InChI=1S/C74H139O24P/c1-5-8-11-14-17-19-21-23-24-26-28-30-32-39-44-49-60(78)93-55(51-90-58(76)47-42-38-34-33-36-41-46-54(4)45-40-35-16-13-10-7-3)52-92-99(88,89)98-72-70(96-73-68(86)63(81)61(79)56(50-75)94-73)66(84)65(83)67(85)71(72)97-74-69(87)64(82)62(80)57(95-74)53-91-59(77)48-43-37-31-29-27-25-22-20-18-15-12-9-6-2/h54-57,61-75,79-87H,5-53H2,1-4H3,(H,88,89). The topological polar surface area (TPSA) is 374 Å². The molecule has 2 heterocycles. The van der Waals surface area contributed by atoms with Crippen molar-refractivity contribution in [1.82, 2.24) is 0 Å². The molecule has 0 aromatic carbocycles. The molecule has 2 aliphatic heterocycles. The van der Waals surface area contributed by atoms with Crippen LogP contribution in [0.1, 0.15) is 317 Å². The number of aliphatic hydroxyl groups excluding tert-OH is 10. The third kappa shape index (κ3) is 38.7. The predicted octanol–water partition coefficient (Wildman–Crippen LogP) is 11.2. The van der Waals surface area contributed by atoms with Crippen LogP contribution in [0.3, 0.4) is 0 Å². The number of rotatable bonds is 61. The number of hydrogen-bond acceptors (Lipinski definition) is 23. The molecule has 0 aromatic heterocycles. The van der Waals surface area contributed by atoms with Gasteiger partial charge in [-0.2, -0.15) is 0 Å². The lowest BCUT2D eigenvalue weighted by Gasteiger charge is -2.49.